The highest BCUT2D eigenvalue weighted by molar-refractivity contribution is 6.03. The Morgan fingerprint density at radius 2 is 1.86 bits per heavy atom. The van der Waals surface area contributed by atoms with Gasteiger partial charge in [0.05, 0.1) is 16.7 Å². The van der Waals surface area contributed by atoms with Gasteiger partial charge < -0.3 is 0 Å². The van der Waals surface area contributed by atoms with Crippen LogP contribution in [-0.2, 0) is 7.05 Å². The van der Waals surface area contributed by atoms with Crippen LogP contribution in [-0.4, -0.2) is 20.0 Å². The second kappa shape index (κ2) is 4.19. The molecule has 2 aromatic carbocycles. The zero-order chi connectivity index (χ0) is 14.6. The van der Waals surface area contributed by atoms with Gasteiger partial charge in [0.15, 0.2) is 0 Å². The van der Waals surface area contributed by atoms with E-state index >= 15 is 0 Å². The van der Waals surface area contributed by atoms with Crippen molar-refractivity contribution < 1.29 is 0 Å². The molecule has 0 aliphatic heterocycles. The summed E-state index contributed by atoms with van der Waals surface area (Å²) in [4.78, 5) is 0. The van der Waals surface area contributed by atoms with Crippen LogP contribution >= 0.6 is 0 Å². The van der Waals surface area contributed by atoms with Crippen LogP contribution in [0.2, 0.25) is 0 Å². The summed E-state index contributed by atoms with van der Waals surface area (Å²) >= 11 is 0. The highest BCUT2D eigenvalue weighted by Crippen LogP contribution is 2.34. The molecule has 0 saturated carbocycles. The highest BCUT2D eigenvalue weighted by Gasteiger charge is 2.15. The summed E-state index contributed by atoms with van der Waals surface area (Å²) in [5.41, 5.74) is 6.62. The predicted octanol–water partition coefficient (Wildman–Crippen LogP) is 3.73. The summed E-state index contributed by atoms with van der Waals surface area (Å²) < 4.78 is 1.93. The van der Waals surface area contributed by atoms with Crippen LogP contribution in [0.15, 0.2) is 36.4 Å². The first-order valence-electron chi connectivity index (χ1n) is 7.03. The van der Waals surface area contributed by atoms with E-state index in [1.165, 1.54) is 10.9 Å². The van der Waals surface area contributed by atoms with E-state index in [9.17, 15) is 0 Å². The van der Waals surface area contributed by atoms with Crippen LogP contribution in [0, 0.1) is 13.8 Å². The maximum absolute atomic E-state index is 4.56. The molecule has 104 valence electrons. The Morgan fingerprint density at radius 3 is 2.71 bits per heavy atom. The van der Waals surface area contributed by atoms with Crippen molar-refractivity contribution in [2.24, 2.45) is 7.05 Å². The number of nitrogens with one attached hydrogen (secondary N) is 1. The average molecular weight is 276 g/mol. The third kappa shape index (κ3) is 1.62. The molecule has 0 fully saturated rings. The number of rotatable bonds is 1. The number of para-hydroxylation sites is 1. The van der Waals surface area contributed by atoms with E-state index in [4.69, 9.17) is 0 Å². The summed E-state index contributed by atoms with van der Waals surface area (Å²) in [6.07, 6.45) is 0. The molecule has 4 heteroatoms. The van der Waals surface area contributed by atoms with Gasteiger partial charge in [0.2, 0.25) is 0 Å². The SMILES string of the molecule is Cc1cccc2c(-c3cccc4nn(C)c(C)c34)[nH]nc12. The molecule has 1 N–H and O–H groups in total. The lowest BCUT2D eigenvalue weighted by molar-refractivity contribution is 0.751. The first-order valence-corrected chi connectivity index (χ1v) is 7.03. The molecule has 4 rings (SSSR count). The standard InChI is InChI=1S/C17H16N4/c1-10-6-4-8-13-16(10)18-19-17(13)12-7-5-9-14-15(12)11(2)21(3)20-14/h4-9H,1-3H3,(H,18,19). The number of aryl methyl sites for hydroxylation is 3. The average Bonchev–Trinajstić information content (AvgIpc) is 3.02. The topological polar surface area (TPSA) is 46.5 Å². The molecule has 0 saturated heterocycles. The van der Waals surface area contributed by atoms with Gasteiger partial charge in [-0.3, -0.25) is 9.78 Å². The van der Waals surface area contributed by atoms with Gasteiger partial charge >= 0.3 is 0 Å². The van der Waals surface area contributed by atoms with Crippen LogP contribution in [0.4, 0.5) is 0 Å². The number of H-pyrrole nitrogens is 1. The maximum Gasteiger partial charge on any atom is 0.0956 e. The first-order chi connectivity index (χ1) is 10.2. The molecule has 0 atom stereocenters. The molecule has 0 bridgehead atoms. The molecule has 2 heterocycles. The molecule has 0 radical (unpaired) electrons. The number of aromatic nitrogens is 4. The molecule has 0 amide bonds. The number of fused-ring (bicyclic) bond motifs is 2. The van der Waals surface area contributed by atoms with Crippen molar-refractivity contribution in [1.29, 1.82) is 0 Å². The van der Waals surface area contributed by atoms with Crippen LogP contribution in [0.3, 0.4) is 0 Å². The van der Waals surface area contributed by atoms with Crippen LogP contribution in [0.1, 0.15) is 11.3 Å². The zero-order valence-corrected chi connectivity index (χ0v) is 12.3. The number of nitrogens with zero attached hydrogens (tertiary/aromatic N) is 3. The summed E-state index contributed by atoms with van der Waals surface area (Å²) in [6.45, 7) is 4.19. The second-order valence-electron chi connectivity index (χ2n) is 5.48. The van der Waals surface area contributed by atoms with Gasteiger partial charge in [-0.1, -0.05) is 30.3 Å². The van der Waals surface area contributed by atoms with Crippen molar-refractivity contribution in [1.82, 2.24) is 20.0 Å². The van der Waals surface area contributed by atoms with Crippen LogP contribution in [0.5, 0.6) is 0 Å². The summed E-state index contributed by atoms with van der Waals surface area (Å²) in [5, 5.41) is 14.6. The van der Waals surface area contributed by atoms with Gasteiger partial charge in [-0.25, -0.2) is 0 Å². The van der Waals surface area contributed by atoms with Gasteiger partial charge in [0.1, 0.15) is 0 Å². The molecule has 0 spiro atoms. The molecule has 4 nitrogen and oxygen atoms in total. The van der Waals surface area contributed by atoms with Gasteiger partial charge in [-0.2, -0.15) is 10.2 Å². The fraction of sp³-hybridized carbons (Fsp3) is 0.176. The van der Waals surface area contributed by atoms with E-state index in [0.29, 0.717) is 0 Å². The number of benzene rings is 2. The van der Waals surface area contributed by atoms with Crippen molar-refractivity contribution in [3.63, 3.8) is 0 Å². The van der Waals surface area contributed by atoms with Gasteiger partial charge in [0, 0.05) is 29.1 Å². The molecule has 0 aliphatic carbocycles. The third-order valence-corrected chi connectivity index (χ3v) is 4.20. The molecule has 0 unspecified atom stereocenters. The molecular weight excluding hydrogens is 260 g/mol. The Morgan fingerprint density at radius 1 is 1.05 bits per heavy atom. The Kier molecular flexibility index (Phi) is 2.42. The molecule has 4 aromatic rings. The van der Waals surface area contributed by atoms with Crippen molar-refractivity contribution in [3.05, 3.63) is 47.7 Å². The summed E-state index contributed by atoms with van der Waals surface area (Å²) in [6, 6.07) is 12.5. The van der Waals surface area contributed by atoms with E-state index < -0.39 is 0 Å². The zero-order valence-electron chi connectivity index (χ0n) is 12.3. The minimum absolute atomic E-state index is 1.02. The summed E-state index contributed by atoms with van der Waals surface area (Å²) in [5.74, 6) is 0. The minimum Gasteiger partial charge on any atom is -0.277 e. The summed E-state index contributed by atoms with van der Waals surface area (Å²) in [7, 11) is 1.98. The lowest BCUT2D eigenvalue weighted by Gasteiger charge is -2.03. The van der Waals surface area contributed by atoms with Crippen LogP contribution in [0.25, 0.3) is 33.1 Å². The Hall–Kier alpha value is -2.62. The van der Waals surface area contributed by atoms with Gasteiger partial charge in [-0.15, -0.1) is 0 Å². The quantitative estimate of drug-likeness (QED) is 0.575. The monoisotopic (exact) mass is 276 g/mol. The molecule has 0 aliphatic rings. The second-order valence-corrected chi connectivity index (χ2v) is 5.48. The van der Waals surface area contributed by atoms with Crippen molar-refractivity contribution in [3.8, 4) is 11.3 Å². The first kappa shape index (κ1) is 12.1. The van der Waals surface area contributed by atoms with E-state index in [1.807, 2.05) is 17.8 Å². The van der Waals surface area contributed by atoms with Gasteiger partial charge in [-0.05, 0) is 25.5 Å². The van der Waals surface area contributed by atoms with E-state index in [0.717, 1.165) is 33.4 Å². The lowest BCUT2D eigenvalue weighted by Crippen LogP contribution is -1.91. The Bertz CT molecular complexity index is 975. The van der Waals surface area contributed by atoms with E-state index in [-0.39, 0.29) is 0 Å². The molecular formula is C17H16N4. The molecule has 2 aromatic heterocycles. The highest BCUT2D eigenvalue weighted by atomic mass is 15.3. The number of hydrogen-bond acceptors (Lipinski definition) is 2. The molecule has 21 heavy (non-hydrogen) atoms. The Balaban J connectivity index is 2.12. The lowest BCUT2D eigenvalue weighted by atomic mass is 10.0. The number of aromatic amines is 1. The fourth-order valence-electron chi connectivity index (χ4n) is 3.00. The fourth-order valence-corrected chi connectivity index (χ4v) is 3.00. The van der Waals surface area contributed by atoms with Crippen molar-refractivity contribution >= 4 is 21.8 Å². The van der Waals surface area contributed by atoms with E-state index in [1.54, 1.807) is 0 Å². The third-order valence-electron chi connectivity index (χ3n) is 4.20. The van der Waals surface area contributed by atoms with E-state index in [2.05, 4.69) is 59.5 Å². The Labute approximate surface area is 122 Å². The van der Waals surface area contributed by atoms with Crippen molar-refractivity contribution in [2.75, 3.05) is 0 Å². The number of hydrogen-bond donors (Lipinski definition) is 1. The predicted molar refractivity (Wildman–Crippen MR) is 85.3 cm³/mol. The smallest absolute Gasteiger partial charge is 0.0956 e. The minimum atomic E-state index is 1.02. The van der Waals surface area contributed by atoms with Crippen LogP contribution < -0.4 is 0 Å². The van der Waals surface area contributed by atoms with Crippen molar-refractivity contribution in [2.45, 2.75) is 13.8 Å². The largest absolute Gasteiger partial charge is 0.277 e. The normalized spacial score (nSPS) is 11.6. The maximum atomic E-state index is 4.56. The van der Waals surface area contributed by atoms with Gasteiger partial charge in [0.25, 0.3) is 0 Å².